The Morgan fingerprint density at radius 1 is 0.900 bits per heavy atom. The first-order chi connectivity index (χ1) is 9.83. The van der Waals surface area contributed by atoms with E-state index in [9.17, 15) is 0 Å². The van der Waals surface area contributed by atoms with Gasteiger partial charge < -0.3 is 19.5 Å². The third kappa shape index (κ3) is 11.6. The lowest BCUT2D eigenvalue weighted by atomic mass is 10.2. The van der Waals surface area contributed by atoms with Crippen LogP contribution in [0.15, 0.2) is 0 Å². The van der Waals surface area contributed by atoms with E-state index < -0.39 is 0 Å². The second-order valence-electron chi connectivity index (χ2n) is 5.17. The van der Waals surface area contributed by atoms with Crippen LogP contribution in [0.1, 0.15) is 52.4 Å². The van der Waals surface area contributed by atoms with Crippen LogP contribution in [0.25, 0.3) is 0 Å². The zero-order valence-electron chi connectivity index (χ0n) is 13.8. The molecule has 0 radical (unpaired) electrons. The molecule has 0 bridgehead atoms. The molecule has 1 fully saturated rings. The van der Waals surface area contributed by atoms with Crippen molar-refractivity contribution in [1.82, 2.24) is 4.90 Å². The largest absolute Gasteiger partial charge is 0.396 e. The fourth-order valence-corrected chi connectivity index (χ4v) is 2.07. The second-order valence-corrected chi connectivity index (χ2v) is 5.17. The number of aliphatic hydroxyl groups excluding tert-OH is 1. The minimum atomic E-state index is 0.302. The summed E-state index contributed by atoms with van der Waals surface area (Å²) in [5.41, 5.74) is 0. The van der Waals surface area contributed by atoms with Gasteiger partial charge >= 0.3 is 0 Å². The van der Waals surface area contributed by atoms with Crippen LogP contribution in [0, 0.1) is 0 Å². The summed E-state index contributed by atoms with van der Waals surface area (Å²) in [6, 6.07) is 0. The molecule has 0 aliphatic carbocycles. The van der Waals surface area contributed by atoms with Gasteiger partial charge in [-0.25, -0.2) is 0 Å². The Morgan fingerprint density at radius 3 is 2.00 bits per heavy atom. The number of likely N-dealkylation sites (tertiary alicyclic amines) is 1. The maximum Gasteiger partial charge on any atom is 0.0828 e. The quantitative estimate of drug-likeness (QED) is 0.561. The summed E-state index contributed by atoms with van der Waals surface area (Å²) in [7, 11) is 2.12. The first-order valence-corrected chi connectivity index (χ1v) is 8.31. The van der Waals surface area contributed by atoms with Gasteiger partial charge in [-0.3, -0.25) is 0 Å². The van der Waals surface area contributed by atoms with Crippen LogP contribution < -0.4 is 0 Å². The molecule has 0 spiro atoms. The van der Waals surface area contributed by atoms with E-state index in [0.29, 0.717) is 12.7 Å². The van der Waals surface area contributed by atoms with E-state index in [1.807, 2.05) is 13.8 Å². The zero-order chi connectivity index (χ0) is 15.1. The summed E-state index contributed by atoms with van der Waals surface area (Å²) in [6.45, 7) is 9.09. The highest BCUT2D eigenvalue weighted by atomic mass is 16.5. The predicted molar refractivity (Wildman–Crippen MR) is 84.2 cm³/mol. The van der Waals surface area contributed by atoms with E-state index in [-0.39, 0.29) is 0 Å². The number of ether oxygens (including phenoxy) is 2. The minimum Gasteiger partial charge on any atom is -0.396 e. The molecule has 0 atom stereocenters. The first-order valence-electron chi connectivity index (χ1n) is 8.31. The van der Waals surface area contributed by atoms with Crippen LogP contribution in [0.5, 0.6) is 0 Å². The summed E-state index contributed by atoms with van der Waals surface area (Å²) in [5.74, 6) is 0. The van der Waals surface area contributed by atoms with E-state index in [1.54, 1.807) is 0 Å². The van der Waals surface area contributed by atoms with Gasteiger partial charge in [0.15, 0.2) is 0 Å². The number of likely N-dealkylation sites (N-methyl/N-ethyl adjacent to an activating group) is 1. The predicted octanol–water partition coefficient (Wildman–Crippen LogP) is 2.69. The fourth-order valence-electron chi connectivity index (χ4n) is 2.07. The smallest absolute Gasteiger partial charge is 0.0828 e. The Morgan fingerprint density at radius 2 is 1.45 bits per heavy atom. The SMILES string of the molecule is CC.CN1CC(OCCCCCOCCCCCO)C1. The number of aliphatic hydroxyl groups is 1. The Hall–Kier alpha value is -0.160. The molecule has 1 aliphatic heterocycles. The third-order valence-corrected chi connectivity index (χ3v) is 3.26. The summed E-state index contributed by atoms with van der Waals surface area (Å²) in [4.78, 5) is 2.27. The second kappa shape index (κ2) is 15.2. The van der Waals surface area contributed by atoms with Crippen LogP contribution in [-0.2, 0) is 9.47 Å². The molecule has 122 valence electrons. The molecule has 0 aromatic rings. The highest BCUT2D eigenvalue weighted by molar-refractivity contribution is 4.76. The van der Waals surface area contributed by atoms with Gasteiger partial charge in [0.25, 0.3) is 0 Å². The molecular weight excluding hydrogens is 254 g/mol. The minimum absolute atomic E-state index is 0.302. The Kier molecular flexibility index (Phi) is 15.1. The number of hydrogen-bond acceptors (Lipinski definition) is 4. The molecule has 20 heavy (non-hydrogen) atoms. The molecule has 1 aliphatic rings. The van der Waals surface area contributed by atoms with Crippen molar-refractivity contribution in [3.8, 4) is 0 Å². The third-order valence-electron chi connectivity index (χ3n) is 3.26. The molecule has 1 heterocycles. The van der Waals surface area contributed by atoms with Gasteiger partial charge in [-0.1, -0.05) is 13.8 Å². The van der Waals surface area contributed by atoms with Crippen molar-refractivity contribution in [2.45, 2.75) is 58.5 Å². The Labute approximate surface area is 125 Å². The average Bonchev–Trinajstić information content (AvgIpc) is 2.44. The number of rotatable bonds is 12. The zero-order valence-corrected chi connectivity index (χ0v) is 13.8. The molecule has 4 nitrogen and oxygen atoms in total. The standard InChI is InChI=1S/C14H29NO3.C2H6/c1-15-12-14(13-15)18-11-7-3-6-10-17-9-5-2-4-8-16;1-2/h14,16H,2-13H2,1H3;1-2H3. The van der Waals surface area contributed by atoms with Gasteiger partial charge in [0, 0.05) is 39.5 Å². The average molecular weight is 289 g/mol. The summed E-state index contributed by atoms with van der Waals surface area (Å²) in [5, 5.41) is 8.61. The lowest BCUT2D eigenvalue weighted by molar-refractivity contribution is -0.0444. The van der Waals surface area contributed by atoms with Crippen LogP contribution in [0.2, 0.25) is 0 Å². The van der Waals surface area contributed by atoms with Gasteiger partial charge in [0.2, 0.25) is 0 Å². The monoisotopic (exact) mass is 289 g/mol. The summed E-state index contributed by atoms with van der Waals surface area (Å²) >= 11 is 0. The molecule has 0 unspecified atom stereocenters. The Bertz CT molecular complexity index is 185. The lowest BCUT2D eigenvalue weighted by Gasteiger charge is -2.35. The molecule has 1 N–H and O–H groups in total. The van der Waals surface area contributed by atoms with Crippen molar-refractivity contribution in [3.63, 3.8) is 0 Å². The van der Waals surface area contributed by atoms with E-state index in [2.05, 4.69) is 11.9 Å². The molecule has 1 rings (SSSR count). The van der Waals surface area contributed by atoms with Crippen molar-refractivity contribution >= 4 is 0 Å². The molecule has 0 aromatic carbocycles. The van der Waals surface area contributed by atoms with E-state index in [4.69, 9.17) is 14.6 Å². The van der Waals surface area contributed by atoms with Gasteiger partial charge in [-0.15, -0.1) is 0 Å². The van der Waals surface area contributed by atoms with Gasteiger partial charge in [-0.2, -0.15) is 0 Å². The number of hydrogen-bond donors (Lipinski definition) is 1. The summed E-state index contributed by atoms with van der Waals surface area (Å²) < 4.78 is 11.2. The molecular formula is C16H35NO3. The normalized spacial score (nSPS) is 15.6. The Balaban J connectivity index is 0.00000172. The van der Waals surface area contributed by atoms with Crippen LogP contribution >= 0.6 is 0 Å². The molecule has 1 saturated heterocycles. The number of unbranched alkanes of at least 4 members (excludes halogenated alkanes) is 4. The first kappa shape index (κ1) is 19.8. The van der Waals surface area contributed by atoms with Crippen molar-refractivity contribution in [2.75, 3.05) is 46.6 Å². The van der Waals surface area contributed by atoms with Crippen LogP contribution in [0.4, 0.5) is 0 Å². The maximum absolute atomic E-state index is 8.61. The lowest BCUT2D eigenvalue weighted by Crippen LogP contribution is -2.49. The van der Waals surface area contributed by atoms with Gasteiger partial charge in [0.1, 0.15) is 0 Å². The molecule has 4 heteroatoms. The van der Waals surface area contributed by atoms with Crippen LogP contribution in [-0.4, -0.2) is 62.7 Å². The van der Waals surface area contributed by atoms with Crippen molar-refractivity contribution in [3.05, 3.63) is 0 Å². The van der Waals surface area contributed by atoms with Gasteiger partial charge in [0.05, 0.1) is 6.10 Å². The van der Waals surface area contributed by atoms with Crippen LogP contribution in [0.3, 0.4) is 0 Å². The molecule has 0 saturated carbocycles. The number of nitrogens with zero attached hydrogens (tertiary/aromatic N) is 1. The highest BCUT2D eigenvalue weighted by Crippen LogP contribution is 2.09. The molecule has 0 aromatic heterocycles. The molecule has 0 amide bonds. The topological polar surface area (TPSA) is 41.9 Å². The van der Waals surface area contributed by atoms with Gasteiger partial charge in [-0.05, 0) is 45.6 Å². The fraction of sp³-hybridized carbons (Fsp3) is 1.00. The maximum atomic E-state index is 8.61. The van der Waals surface area contributed by atoms with E-state index >= 15 is 0 Å². The van der Waals surface area contributed by atoms with E-state index in [0.717, 1.165) is 65.0 Å². The van der Waals surface area contributed by atoms with Crippen molar-refractivity contribution < 1.29 is 14.6 Å². The van der Waals surface area contributed by atoms with Crippen molar-refractivity contribution in [1.29, 1.82) is 0 Å². The van der Waals surface area contributed by atoms with Crippen molar-refractivity contribution in [2.24, 2.45) is 0 Å². The highest BCUT2D eigenvalue weighted by Gasteiger charge is 2.22. The van der Waals surface area contributed by atoms with E-state index in [1.165, 1.54) is 6.42 Å². The summed E-state index contributed by atoms with van der Waals surface area (Å²) in [6.07, 6.45) is 7.00.